The summed E-state index contributed by atoms with van der Waals surface area (Å²) in [5, 5.41) is 13.9. The molecule has 2 rings (SSSR count). The fourth-order valence-corrected chi connectivity index (χ4v) is 2.85. The average molecular weight is 402 g/mol. The van der Waals surface area contributed by atoms with E-state index in [1.165, 1.54) is 0 Å². The number of nitrogens with zero attached hydrogens (tertiary/aromatic N) is 2. The van der Waals surface area contributed by atoms with Crippen LogP contribution in [0.3, 0.4) is 0 Å². The number of ether oxygens (including phenoxy) is 3. The SMILES string of the molecule is CCNC(=NCC(O)c1cc(OC)cc(OC)c1)N(C)Cc1ccc(OC)cc1. The number of hydrogen-bond donors (Lipinski definition) is 2. The van der Waals surface area contributed by atoms with E-state index in [2.05, 4.69) is 10.3 Å². The Balaban J connectivity index is 2.10. The fraction of sp³-hybridized carbons (Fsp3) is 0.409. The van der Waals surface area contributed by atoms with Gasteiger partial charge in [-0.25, -0.2) is 0 Å². The van der Waals surface area contributed by atoms with Crippen molar-refractivity contribution < 1.29 is 19.3 Å². The van der Waals surface area contributed by atoms with Crippen molar-refractivity contribution in [3.63, 3.8) is 0 Å². The summed E-state index contributed by atoms with van der Waals surface area (Å²) in [6.45, 7) is 3.64. The van der Waals surface area contributed by atoms with Gasteiger partial charge in [0.15, 0.2) is 5.96 Å². The highest BCUT2D eigenvalue weighted by Gasteiger charge is 2.13. The molecule has 1 unspecified atom stereocenters. The second kappa shape index (κ2) is 11.2. The van der Waals surface area contributed by atoms with E-state index in [4.69, 9.17) is 14.2 Å². The van der Waals surface area contributed by atoms with Crippen LogP contribution in [0.1, 0.15) is 24.2 Å². The van der Waals surface area contributed by atoms with Crippen LogP contribution >= 0.6 is 0 Å². The van der Waals surface area contributed by atoms with E-state index in [-0.39, 0.29) is 6.54 Å². The van der Waals surface area contributed by atoms with Gasteiger partial charge in [-0.05, 0) is 42.3 Å². The van der Waals surface area contributed by atoms with Crippen LogP contribution in [-0.4, -0.2) is 57.4 Å². The van der Waals surface area contributed by atoms with Gasteiger partial charge in [-0.3, -0.25) is 4.99 Å². The van der Waals surface area contributed by atoms with Crippen molar-refractivity contribution in [2.75, 3.05) is 41.5 Å². The third-order valence-corrected chi connectivity index (χ3v) is 4.45. The van der Waals surface area contributed by atoms with Gasteiger partial charge in [-0.2, -0.15) is 0 Å². The number of rotatable bonds is 9. The summed E-state index contributed by atoms with van der Waals surface area (Å²) in [5.41, 5.74) is 1.83. The van der Waals surface area contributed by atoms with Gasteiger partial charge in [-0.15, -0.1) is 0 Å². The van der Waals surface area contributed by atoms with Crippen molar-refractivity contribution in [1.29, 1.82) is 0 Å². The largest absolute Gasteiger partial charge is 0.497 e. The van der Waals surface area contributed by atoms with Crippen LogP contribution in [0, 0.1) is 0 Å². The quantitative estimate of drug-likeness (QED) is 0.497. The number of guanidine groups is 1. The van der Waals surface area contributed by atoms with Gasteiger partial charge in [0, 0.05) is 26.2 Å². The molecule has 0 spiro atoms. The lowest BCUT2D eigenvalue weighted by Crippen LogP contribution is -2.38. The first kappa shape index (κ1) is 22.4. The van der Waals surface area contributed by atoms with Gasteiger partial charge >= 0.3 is 0 Å². The van der Waals surface area contributed by atoms with Gasteiger partial charge in [-0.1, -0.05) is 12.1 Å². The van der Waals surface area contributed by atoms with Crippen LogP contribution in [0.2, 0.25) is 0 Å². The molecule has 29 heavy (non-hydrogen) atoms. The lowest BCUT2D eigenvalue weighted by Gasteiger charge is -2.23. The van der Waals surface area contributed by atoms with Crippen LogP contribution in [0.4, 0.5) is 0 Å². The minimum atomic E-state index is -0.776. The van der Waals surface area contributed by atoms with Crippen LogP contribution in [0.25, 0.3) is 0 Å². The van der Waals surface area contributed by atoms with Gasteiger partial charge in [0.1, 0.15) is 17.2 Å². The minimum absolute atomic E-state index is 0.214. The summed E-state index contributed by atoms with van der Waals surface area (Å²) in [7, 11) is 6.79. The molecule has 0 aromatic heterocycles. The number of aliphatic hydroxyl groups is 1. The van der Waals surface area contributed by atoms with Crippen LogP contribution in [-0.2, 0) is 6.54 Å². The predicted octanol–water partition coefficient (Wildman–Crippen LogP) is 2.84. The van der Waals surface area contributed by atoms with Gasteiger partial charge < -0.3 is 29.5 Å². The predicted molar refractivity (Wildman–Crippen MR) is 115 cm³/mol. The summed E-state index contributed by atoms with van der Waals surface area (Å²) in [6.07, 6.45) is -0.776. The zero-order chi connectivity index (χ0) is 21.2. The zero-order valence-electron chi connectivity index (χ0n) is 17.8. The third kappa shape index (κ3) is 6.57. The molecule has 0 radical (unpaired) electrons. The molecule has 0 aliphatic heterocycles. The first-order valence-corrected chi connectivity index (χ1v) is 9.54. The normalized spacial score (nSPS) is 12.3. The van der Waals surface area contributed by atoms with E-state index in [1.54, 1.807) is 39.5 Å². The highest BCUT2D eigenvalue weighted by molar-refractivity contribution is 5.79. The summed E-state index contributed by atoms with van der Waals surface area (Å²) >= 11 is 0. The summed E-state index contributed by atoms with van der Waals surface area (Å²) in [6, 6.07) is 13.3. The van der Waals surface area contributed by atoms with E-state index < -0.39 is 6.10 Å². The minimum Gasteiger partial charge on any atom is -0.497 e. The lowest BCUT2D eigenvalue weighted by molar-refractivity contribution is 0.185. The molecule has 0 aliphatic rings. The highest BCUT2D eigenvalue weighted by Crippen LogP contribution is 2.26. The first-order valence-electron chi connectivity index (χ1n) is 9.54. The van der Waals surface area contributed by atoms with E-state index in [0.29, 0.717) is 23.6 Å². The molecule has 0 saturated carbocycles. The van der Waals surface area contributed by atoms with E-state index in [1.807, 2.05) is 43.1 Å². The molecule has 1 atom stereocenters. The Kier molecular flexibility index (Phi) is 8.61. The molecule has 2 aromatic rings. The Hall–Kier alpha value is -2.93. The van der Waals surface area contributed by atoms with Crippen molar-refractivity contribution in [1.82, 2.24) is 10.2 Å². The number of nitrogens with one attached hydrogen (secondary N) is 1. The van der Waals surface area contributed by atoms with Crippen molar-refractivity contribution in [2.45, 2.75) is 19.6 Å². The molecule has 2 N–H and O–H groups in total. The molecular formula is C22H31N3O4. The third-order valence-electron chi connectivity index (χ3n) is 4.45. The molecule has 2 aromatic carbocycles. The van der Waals surface area contributed by atoms with Gasteiger partial charge in [0.2, 0.25) is 0 Å². The number of benzene rings is 2. The van der Waals surface area contributed by atoms with Crippen molar-refractivity contribution >= 4 is 5.96 Å². The molecule has 7 heteroatoms. The summed E-state index contributed by atoms with van der Waals surface area (Å²) < 4.78 is 15.8. The maximum Gasteiger partial charge on any atom is 0.194 e. The topological polar surface area (TPSA) is 75.6 Å². The second-order valence-corrected chi connectivity index (χ2v) is 6.56. The van der Waals surface area contributed by atoms with Crippen molar-refractivity contribution in [2.24, 2.45) is 4.99 Å². The standard InChI is InChI=1S/C22H31N3O4/c1-6-23-22(25(2)15-16-7-9-18(27-3)10-8-16)24-14-21(26)17-11-19(28-4)13-20(12-17)29-5/h7-13,21,26H,6,14-15H2,1-5H3,(H,23,24). The van der Waals surface area contributed by atoms with Gasteiger partial charge in [0.05, 0.1) is 34.0 Å². The van der Waals surface area contributed by atoms with Crippen LogP contribution in [0.5, 0.6) is 17.2 Å². The number of aliphatic hydroxyl groups excluding tert-OH is 1. The Morgan fingerprint density at radius 2 is 1.59 bits per heavy atom. The Morgan fingerprint density at radius 3 is 2.10 bits per heavy atom. The molecule has 0 heterocycles. The average Bonchev–Trinajstić information content (AvgIpc) is 2.76. The molecule has 7 nitrogen and oxygen atoms in total. The van der Waals surface area contributed by atoms with Crippen molar-refractivity contribution in [3.8, 4) is 17.2 Å². The molecule has 0 aliphatic carbocycles. The maximum atomic E-state index is 10.6. The summed E-state index contributed by atoms with van der Waals surface area (Å²) in [4.78, 5) is 6.62. The molecular weight excluding hydrogens is 370 g/mol. The smallest absolute Gasteiger partial charge is 0.194 e. The molecule has 0 fully saturated rings. The molecule has 158 valence electrons. The van der Waals surface area contributed by atoms with Gasteiger partial charge in [0.25, 0.3) is 0 Å². The monoisotopic (exact) mass is 401 g/mol. The Bertz CT molecular complexity index is 771. The van der Waals surface area contributed by atoms with Crippen molar-refractivity contribution in [3.05, 3.63) is 53.6 Å². The zero-order valence-corrected chi connectivity index (χ0v) is 17.8. The van der Waals surface area contributed by atoms with E-state index in [0.717, 1.165) is 23.8 Å². The lowest BCUT2D eigenvalue weighted by atomic mass is 10.1. The number of methoxy groups -OCH3 is 3. The molecule has 0 amide bonds. The number of hydrogen-bond acceptors (Lipinski definition) is 5. The first-order chi connectivity index (χ1) is 14.0. The maximum absolute atomic E-state index is 10.6. The molecule has 0 saturated heterocycles. The van der Waals surface area contributed by atoms with Crippen LogP contribution < -0.4 is 19.5 Å². The number of aliphatic imine (C=N–C) groups is 1. The van der Waals surface area contributed by atoms with E-state index in [9.17, 15) is 5.11 Å². The second-order valence-electron chi connectivity index (χ2n) is 6.56. The van der Waals surface area contributed by atoms with E-state index >= 15 is 0 Å². The molecule has 0 bridgehead atoms. The van der Waals surface area contributed by atoms with Crippen LogP contribution in [0.15, 0.2) is 47.5 Å². The highest BCUT2D eigenvalue weighted by atomic mass is 16.5. The Labute approximate surface area is 172 Å². The fourth-order valence-electron chi connectivity index (χ4n) is 2.85. The Morgan fingerprint density at radius 1 is 1.00 bits per heavy atom. The summed E-state index contributed by atoms with van der Waals surface area (Å²) in [5.74, 6) is 2.81.